The molecule has 0 aliphatic heterocycles. The summed E-state index contributed by atoms with van der Waals surface area (Å²) in [4.78, 5) is 33.5. The number of alkyl halides is 1. The number of ether oxygens (including phenoxy) is 3. The Kier molecular flexibility index (Phi) is 8.76. The first kappa shape index (κ1) is 19.5. The van der Waals surface area contributed by atoms with E-state index >= 15 is 0 Å². The molecule has 0 aromatic carbocycles. The molecule has 7 nitrogen and oxygen atoms in total. The van der Waals surface area contributed by atoms with Crippen molar-refractivity contribution in [2.45, 2.75) is 45.6 Å². The number of esters is 1. The second kappa shape index (κ2) is 9.44. The molecule has 0 spiro atoms. The summed E-state index contributed by atoms with van der Waals surface area (Å²) in [5, 5.41) is 8.69. The zero-order chi connectivity index (χ0) is 16.5. The van der Waals surface area contributed by atoms with Crippen molar-refractivity contribution in [1.29, 1.82) is 0 Å². The Morgan fingerprint density at radius 2 is 1.76 bits per heavy atom. The predicted octanol–water partition coefficient (Wildman–Crippen LogP) is 2.55. The van der Waals surface area contributed by atoms with Crippen LogP contribution in [0.25, 0.3) is 0 Å². The average Bonchev–Trinajstić information content (AvgIpc) is 2.31. The minimum atomic E-state index is -1.01. The van der Waals surface area contributed by atoms with Crippen LogP contribution in [0.3, 0.4) is 0 Å². The van der Waals surface area contributed by atoms with Crippen molar-refractivity contribution in [3.8, 4) is 0 Å². The highest BCUT2D eigenvalue weighted by molar-refractivity contribution is 6.17. The van der Waals surface area contributed by atoms with Gasteiger partial charge in [0.1, 0.15) is 5.60 Å². The van der Waals surface area contributed by atoms with Gasteiger partial charge in [-0.05, 0) is 33.6 Å². The van der Waals surface area contributed by atoms with Gasteiger partial charge < -0.3 is 19.3 Å². The number of hydrogen-bond acceptors (Lipinski definition) is 6. The first-order chi connectivity index (χ1) is 9.65. The van der Waals surface area contributed by atoms with Crippen molar-refractivity contribution >= 4 is 29.7 Å². The fourth-order valence-electron chi connectivity index (χ4n) is 1.43. The summed E-state index contributed by atoms with van der Waals surface area (Å²) < 4.78 is 14.3. The van der Waals surface area contributed by atoms with Gasteiger partial charge in [0, 0.05) is 6.42 Å². The Labute approximate surface area is 128 Å². The van der Waals surface area contributed by atoms with Gasteiger partial charge in [-0.3, -0.25) is 9.59 Å². The molecule has 0 rings (SSSR count). The third kappa shape index (κ3) is 10.9. The number of hydrogen-bond donors (Lipinski definition) is 1. The number of carbonyl (C=O) groups is 3. The van der Waals surface area contributed by atoms with Crippen LogP contribution in [-0.4, -0.2) is 41.5 Å². The van der Waals surface area contributed by atoms with Gasteiger partial charge in [-0.2, -0.15) is 0 Å². The van der Waals surface area contributed by atoms with E-state index in [1.165, 1.54) is 0 Å². The molecule has 0 heterocycles. The van der Waals surface area contributed by atoms with E-state index in [-0.39, 0.29) is 31.9 Å². The van der Waals surface area contributed by atoms with Crippen LogP contribution in [0.4, 0.5) is 4.79 Å². The first-order valence-electron chi connectivity index (χ1n) is 6.46. The van der Waals surface area contributed by atoms with Gasteiger partial charge >= 0.3 is 18.1 Å². The molecule has 0 radical (unpaired) electrons. The van der Waals surface area contributed by atoms with Crippen molar-refractivity contribution in [1.82, 2.24) is 0 Å². The molecule has 122 valence electrons. The van der Waals surface area contributed by atoms with Gasteiger partial charge in [0.25, 0.3) is 0 Å². The van der Waals surface area contributed by atoms with Gasteiger partial charge in [0.05, 0.1) is 12.5 Å². The molecule has 0 aliphatic carbocycles. The maximum atomic E-state index is 12.0. The number of rotatable bonds is 8. The molecule has 1 unspecified atom stereocenters. The quantitative estimate of drug-likeness (QED) is 0.541. The highest BCUT2D eigenvalue weighted by Gasteiger charge is 2.26. The van der Waals surface area contributed by atoms with Crippen molar-refractivity contribution in [3.05, 3.63) is 0 Å². The van der Waals surface area contributed by atoms with Crippen LogP contribution in [0.15, 0.2) is 0 Å². The zero-order valence-electron chi connectivity index (χ0n) is 12.4. The molecular formula is C13H21ClO7. The number of carboxylic acids is 1. The van der Waals surface area contributed by atoms with E-state index in [0.717, 1.165) is 0 Å². The fraction of sp³-hybridized carbons (Fsp3) is 0.769. The van der Waals surface area contributed by atoms with Gasteiger partial charge in [-0.15, -0.1) is 0 Å². The number of carbonyl (C=O) groups excluding carboxylic acids is 2. The molecule has 0 saturated carbocycles. The minimum absolute atomic E-state index is 0.0841. The molecule has 1 N–H and O–H groups in total. The third-order valence-electron chi connectivity index (χ3n) is 2.31. The van der Waals surface area contributed by atoms with Crippen LogP contribution in [0.2, 0.25) is 0 Å². The van der Waals surface area contributed by atoms with Crippen molar-refractivity contribution in [3.63, 3.8) is 0 Å². The molecule has 0 amide bonds. The molecule has 0 aromatic heterocycles. The molecule has 1 atom stereocenters. The van der Waals surface area contributed by atoms with Gasteiger partial charge in [0.2, 0.25) is 0 Å². The van der Waals surface area contributed by atoms with E-state index in [1.54, 1.807) is 20.8 Å². The molecule has 0 aliphatic rings. The Hall–Kier alpha value is -1.50. The van der Waals surface area contributed by atoms with Crippen LogP contribution >= 0.6 is 11.6 Å². The molecule has 21 heavy (non-hydrogen) atoms. The molecule has 0 fully saturated rings. The molecule has 0 saturated heterocycles. The van der Waals surface area contributed by atoms with E-state index in [2.05, 4.69) is 4.74 Å². The topological polar surface area (TPSA) is 99.1 Å². The highest BCUT2D eigenvalue weighted by atomic mass is 35.5. The van der Waals surface area contributed by atoms with Crippen LogP contribution in [-0.2, 0) is 23.8 Å². The Morgan fingerprint density at radius 3 is 2.24 bits per heavy atom. The van der Waals surface area contributed by atoms with E-state index in [9.17, 15) is 14.4 Å². The Bertz CT molecular complexity index is 362. The van der Waals surface area contributed by atoms with Gasteiger partial charge in [-0.25, -0.2) is 4.79 Å². The standard InChI is InChI=1S/C13H21ClO7/c1-13(2,3)21-11(17)9(4-5-10(15)16)6-7-19-12(18)20-8-14/h9H,4-8H2,1-3H3,(H,15,16). The predicted molar refractivity (Wildman–Crippen MR) is 74.0 cm³/mol. The van der Waals surface area contributed by atoms with Gasteiger partial charge in [0.15, 0.2) is 6.07 Å². The van der Waals surface area contributed by atoms with Crippen LogP contribution in [0.1, 0.15) is 40.0 Å². The zero-order valence-corrected chi connectivity index (χ0v) is 13.1. The lowest BCUT2D eigenvalue weighted by Crippen LogP contribution is -2.30. The lowest BCUT2D eigenvalue weighted by Gasteiger charge is -2.23. The van der Waals surface area contributed by atoms with E-state index in [4.69, 9.17) is 26.2 Å². The lowest BCUT2D eigenvalue weighted by molar-refractivity contribution is -0.161. The summed E-state index contributed by atoms with van der Waals surface area (Å²) in [6.07, 6.45) is -0.848. The second-order valence-corrected chi connectivity index (χ2v) is 5.52. The maximum absolute atomic E-state index is 12.0. The summed E-state index contributed by atoms with van der Waals surface area (Å²) in [5.41, 5.74) is -0.670. The Morgan fingerprint density at radius 1 is 1.14 bits per heavy atom. The monoisotopic (exact) mass is 324 g/mol. The largest absolute Gasteiger partial charge is 0.509 e. The second-order valence-electron chi connectivity index (χ2n) is 5.30. The van der Waals surface area contributed by atoms with Gasteiger partial charge in [-0.1, -0.05) is 11.6 Å². The maximum Gasteiger partial charge on any atom is 0.509 e. The first-order valence-corrected chi connectivity index (χ1v) is 6.99. The summed E-state index contributed by atoms with van der Waals surface area (Å²) in [6, 6.07) is -0.326. The highest BCUT2D eigenvalue weighted by Crippen LogP contribution is 2.18. The summed E-state index contributed by atoms with van der Waals surface area (Å²) in [6.45, 7) is 5.06. The summed E-state index contributed by atoms with van der Waals surface area (Å²) in [7, 11) is 0. The Balaban J connectivity index is 4.41. The molecular weight excluding hydrogens is 304 g/mol. The lowest BCUT2D eigenvalue weighted by atomic mass is 9.99. The molecule has 0 bridgehead atoms. The van der Waals surface area contributed by atoms with Crippen molar-refractivity contribution in [2.75, 3.05) is 12.7 Å². The normalized spacial score (nSPS) is 12.4. The number of carboxylic acid groups (broad SMARTS) is 1. The minimum Gasteiger partial charge on any atom is -0.481 e. The van der Waals surface area contributed by atoms with Crippen LogP contribution in [0.5, 0.6) is 0 Å². The van der Waals surface area contributed by atoms with E-state index < -0.39 is 29.6 Å². The third-order valence-corrected chi connectivity index (χ3v) is 2.41. The number of halogens is 1. The smallest absolute Gasteiger partial charge is 0.481 e. The summed E-state index contributed by atoms with van der Waals surface area (Å²) in [5.74, 6) is -2.19. The van der Waals surface area contributed by atoms with Crippen LogP contribution in [0, 0.1) is 5.92 Å². The van der Waals surface area contributed by atoms with Crippen molar-refractivity contribution < 1.29 is 33.7 Å². The van der Waals surface area contributed by atoms with E-state index in [0.29, 0.717) is 0 Å². The van der Waals surface area contributed by atoms with E-state index in [1.807, 2.05) is 0 Å². The molecule has 0 aromatic rings. The number of aliphatic carboxylic acids is 1. The average molecular weight is 325 g/mol. The SMILES string of the molecule is CC(C)(C)OC(=O)C(CCOC(=O)OCCl)CCC(=O)O. The van der Waals surface area contributed by atoms with Crippen LogP contribution < -0.4 is 0 Å². The molecule has 8 heteroatoms. The van der Waals surface area contributed by atoms with Crippen molar-refractivity contribution in [2.24, 2.45) is 5.92 Å². The fourth-order valence-corrected chi connectivity index (χ4v) is 1.52. The summed E-state index contributed by atoms with van der Waals surface area (Å²) >= 11 is 5.18.